The highest BCUT2D eigenvalue weighted by Crippen LogP contribution is 2.38. The van der Waals surface area contributed by atoms with Gasteiger partial charge in [-0.05, 0) is 25.2 Å². The molecule has 0 spiro atoms. The third-order valence-electron chi connectivity index (χ3n) is 3.55. The molecule has 1 fully saturated rings. The van der Waals surface area contributed by atoms with Crippen molar-refractivity contribution in [2.24, 2.45) is 5.41 Å². The number of nitrogens with zero attached hydrogens (tertiary/aromatic N) is 1. The Morgan fingerprint density at radius 1 is 1.50 bits per heavy atom. The van der Waals surface area contributed by atoms with Crippen molar-refractivity contribution in [1.82, 2.24) is 14.7 Å². The van der Waals surface area contributed by atoms with Crippen molar-refractivity contribution >= 4 is 21.6 Å². The van der Waals surface area contributed by atoms with Crippen LogP contribution in [0.1, 0.15) is 31.5 Å². The van der Waals surface area contributed by atoms with Gasteiger partial charge in [-0.25, -0.2) is 18.1 Å². The molecule has 1 saturated carbocycles. The van der Waals surface area contributed by atoms with Crippen LogP contribution >= 0.6 is 11.6 Å². The fraction of sp³-hybridized carbons (Fsp3) is 0.727. The summed E-state index contributed by atoms with van der Waals surface area (Å²) in [6.45, 7) is 2.12. The van der Waals surface area contributed by atoms with Gasteiger partial charge in [-0.15, -0.1) is 11.6 Å². The van der Waals surface area contributed by atoms with Gasteiger partial charge in [-0.2, -0.15) is 0 Å². The fourth-order valence-electron chi connectivity index (χ4n) is 2.34. The topological polar surface area (TPSA) is 74.8 Å². The number of imidazole rings is 1. The maximum absolute atomic E-state index is 12.0. The van der Waals surface area contributed by atoms with E-state index < -0.39 is 10.0 Å². The second kappa shape index (κ2) is 5.19. The predicted octanol–water partition coefficient (Wildman–Crippen LogP) is 1.80. The number of H-pyrrole nitrogens is 1. The molecule has 102 valence electrons. The summed E-state index contributed by atoms with van der Waals surface area (Å²) in [6.07, 6.45) is 5.55. The minimum atomic E-state index is -3.50. The van der Waals surface area contributed by atoms with Crippen molar-refractivity contribution < 1.29 is 8.42 Å². The van der Waals surface area contributed by atoms with Crippen LogP contribution in [0.2, 0.25) is 0 Å². The average Bonchev–Trinajstić information content (AvgIpc) is 2.96. The van der Waals surface area contributed by atoms with E-state index in [1.807, 2.05) is 0 Å². The number of hydrogen-bond donors (Lipinski definition) is 2. The number of aromatic nitrogens is 2. The number of rotatable bonds is 5. The minimum Gasteiger partial charge on any atom is -0.332 e. The first-order valence-electron chi connectivity index (χ1n) is 6.05. The van der Waals surface area contributed by atoms with E-state index in [1.54, 1.807) is 6.92 Å². The molecule has 0 amide bonds. The van der Waals surface area contributed by atoms with Crippen molar-refractivity contribution in [3.8, 4) is 0 Å². The normalized spacial score (nSPS) is 19.2. The van der Waals surface area contributed by atoms with Crippen LogP contribution < -0.4 is 4.72 Å². The van der Waals surface area contributed by atoms with Crippen LogP contribution in [-0.4, -0.2) is 30.8 Å². The Bertz CT molecular complexity index is 506. The zero-order chi connectivity index (χ0) is 13.2. The van der Waals surface area contributed by atoms with E-state index in [0.29, 0.717) is 18.2 Å². The average molecular weight is 292 g/mol. The first-order valence-corrected chi connectivity index (χ1v) is 8.06. The molecule has 0 radical (unpaired) electrons. The van der Waals surface area contributed by atoms with Crippen LogP contribution in [0.15, 0.2) is 11.2 Å². The van der Waals surface area contributed by atoms with Gasteiger partial charge in [0.2, 0.25) is 0 Å². The molecule has 1 aromatic rings. The molecule has 1 aromatic heterocycles. The van der Waals surface area contributed by atoms with Crippen LogP contribution in [0.3, 0.4) is 0 Å². The van der Waals surface area contributed by atoms with Gasteiger partial charge in [-0.3, -0.25) is 0 Å². The van der Waals surface area contributed by atoms with Crippen molar-refractivity contribution in [2.75, 3.05) is 12.4 Å². The van der Waals surface area contributed by atoms with Gasteiger partial charge in [0.15, 0.2) is 5.03 Å². The molecular formula is C11H18ClN3O2S. The summed E-state index contributed by atoms with van der Waals surface area (Å²) in [5, 5.41) is 0.114. The van der Waals surface area contributed by atoms with Gasteiger partial charge < -0.3 is 4.98 Å². The summed E-state index contributed by atoms with van der Waals surface area (Å²) in [5.74, 6) is 1.08. The molecule has 7 heteroatoms. The summed E-state index contributed by atoms with van der Waals surface area (Å²) < 4.78 is 26.7. The van der Waals surface area contributed by atoms with Crippen molar-refractivity contribution in [3.05, 3.63) is 12.0 Å². The van der Waals surface area contributed by atoms with E-state index in [4.69, 9.17) is 11.6 Å². The molecular weight excluding hydrogens is 274 g/mol. The fourth-order valence-corrected chi connectivity index (χ4v) is 3.83. The lowest BCUT2D eigenvalue weighted by Gasteiger charge is -2.26. The SMILES string of the molecule is Cc1ncc(S(=O)(=O)NCC2(CCl)CCCC2)[nH]1. The molecule has 1 aliphatic carbocycles. The Labute approximate surface area is 112 Å². The van der Waals surface area contributed by atoms with Crippen molar-refractivity contribution in [2.45, 2.75) is 37.6 Å². The molecule has 1 aliphatic rings. The van der Waals surface area contributed by atoms with Crippen LogP contribution in [0.25, 0.3) is 0 Å². The number of nitrogens with one attached hydrogen (secondary N) is 2. The Hall–Kier alpha value is -0.590. The molecule has 0 bridgehead atoms. The molecule has 1 heterocycles. The molecule has 0 unspecified atom stereocenters. The van der Waals surface area contributed by atoms with Crippen LogP contribution in [0, 0.1) is 12.3 Å². The van der Waals surface area contributed by atoms with E-state index in [9.17, 15) is 8.42 Å². The van der Waals surface area contributed by atoms with Crippen LogP contribution in [0.5, 0.6) is 0 Å². The zero-order valence-electron chi connectivity index (χ0n) is 10.4. The molecule has 2 N–H and O–H groups in total. The van der Waals surface area contributed by atoms with Crippen molar-refractivity contribution in [1.29, 1.82) is 0 Å². The summed E-state index contributed by atoms with van der Waals surface area (Å²) in [6, 6.07) is 0. The predicted molar refractivity (Wildman–Crippen MR) is 70.1 cm³/mol. The highest BCUT2D eigenvalue weighted by atomic mass is 35.5. The number of aromatic amines is 1. The first-order chi connectivity index (χ1) is 8.47. The lowest BCUT2D eigenvalue weighted by Crippen LogP contribution is -2.37. The lowest BCUT2D eigenvalue weighted by atomic mass is 9.89. The monoisotopic (exact) mass is 291 g/mol. The molecule has 0 aliphatic heterocycles. The molecule has 0 aromatic carbocycles. The molecule has 5 nitrogen and oxygen atoms in total. The van der Waals surface area contributed by atoms with E-state index >= 15 is 0 Å². The maximum Gasteiger partial charge on any atom is 0.257 e. The second-order valence-electron chi connectivity index (χ2n) is 5.00. The second-order valence-corrected chi connectivity index (χ2v) is 7.00. The third kappa shape index (κ3) is 2.87. The number of sulfonamides is 1. The number of aryl methyl sites for hydroxylation is 1. The zero-order valence-corrected chi connectivity index (χ0v) is 11.9. The summed E-state index contributed by atoms with van der Waals surface area (Å²) in [7, 11) is -3.50. The van der Waals surface area contributed by atoms with Gasteiger partial charge in [0.05, 0.1) is 6.20 Å². The van der Waals surface area contributed by atoms with E-state index in [2.05, 4.69) is 14.7 Å². The standard InChI is InChI=1S/C11H18ClN3O2S/c1-9-13-6-10(15-9)18(16,17)14-8-11(7-12)4-2-3-5-11/h6,14H,2-5,7-8H2,1H3,(H,13,15). The molecule has 2 rings (SSSR count). The molecule has 0 atom stereocenters. The van der Waals surface area contributed by atoms with Gasteiger partial charge in [0.25, 0.3) is 10.0 Å². The first kappa shape index (κ1) is 13.8. The number of halogens is 1. The van der Waals surface area contributed by atoms with Gasteiger partial charge >= 0.3 is 0 Å². The Balaban J connectivity index is 2.05. The smallest absolute Gasteiger partial charge is 0.257 e. The minimum absolute atomic E-state index is 0.0797. The largest absolute Gasteiger partial charge is 0.332 e. The molecule has 0 saturated heterocycles. The van der Waals surface area contributed by atoms with Crippen LogP contribution in [0.4, 0.5) is 0 Å². The highest BCUT2D eigenvalue weighted by molar-refractivity contribution is 7.89. The quantitative estimate of drug-likeness (QED) is 0.812. The summed E-state index contributed by atoms with van der Waals surface area (Å²) in [5.41, 5.74) is -0.0797. The van der Waals surface area contributed by atoms with Gasteiger partial charge in [0, 0.05) is 12.4 Å². The van der Waals surface area contributed by atoms with Gasteiger partial charge in [-0.1, -0.05) is 12.8 Å². The lowest BCUT2D eigenvalue weighted by molar-refractivity contribution is 0.342. The Morgan fingerprint density at radius 3 is 2.67 bits per heavy atom. The Morgan fingerprint density at radius 2 is 2.17 bits per heavy atom. The van der Waals surface area contributed by atoms with Crippen molar-refractivity contribution in [3.63, 3.8) is 0 Å². The third-order valence-corrected chi connectivity index (χ3v) is 5.43. The summed E-state index contributed by atoms with van der Waals surface area (Å²) in [4.78, 5) is 6.63. The molecule has 18 heavy (non-hydrogen) atoms. The highest BCUT2D eigenvalue weighted by Gasteiger charge is 2.34. The van der Waals surface area contributed by atoms with E-state index in [0.717, 1.165) is 25.7 Å². The van der Waals surface area contributed by atoms with E-state index in [1.165, 1.54) is 6.20 Å². The maximum atomic E-state index is 12.0. The van der Waals surface area contributed by atoms with E-state index in [-0.39, 0.29) is 10.4 Å². The van der Waals surface area contributed by atoms with Crippen LogP contribution in [-0.2, 0) is 10.0 Å². The number of hydrogen-bond acceptors (Lipinski definition) is 3. The Kier molecular flexibility index (Phi) is 3.99. The number of alkyl halides is 1. The van der Waals surface area contributed by atoms with Gasteiger partial charge in [0.1, 0.15) is 5.82 Å². The summed E-state index contributed by atoms with van der Waals surface area (Å²) >= 11 is 5.99.